The lowest BCUT2D eigenvalue weighted by molar-refractivity contribution is 0.474. The second-order valence-electron chi connectivity index (χ2n) is 4.14. The molecule has 0 bridgehead atoms. The highest BCUT2D eigenvalue weighted by atomic mass is 35.5. The summed E-state index contributed by atoms with van der Waals surface area (Å²) in [6, 6.07) is 6.65. The molecular weight excluding hydrogens is 274 g/mol. The lowest BCUT2D eigenvalue weighted by Crippen LogP contribution is -1.95. The van der Waals surface area contributed by atoms with Gasteiger partial charge in [0.25, 0.3) is 0 Å². The van der Waals surface area contributed by atoms with Crippen molar-refractivity contribution in [1.29, 1.82) is 0 Å². The Hall–Kier alpha value is -0.990. The van der Waals surface area contributed by atoms with E-state index < -0.39 is 5.38 Å². The minimum Gasteiger partial charge on any atom is -0.464 e. The summed E-state index contributed by atoms with van der Waals surface area (Å²) in [4.78, 5) is 0. The van der Waals surface area contributed by atoms with E-state index in [1.807, 2.05) is 19.1 Å². The highest BCUT2D eigenvalue weighted by molar-refractivity contribution is 6.33. The molecule has 0 amide bonds. The van der Waals surface area contributed by atoms with E-state index in [0.717, 1.165) is 12.2 Å². The molecular formula is C14H13Cl2FO. The van der Waals surface area contributed by atoms with Crippen molar-refractivity contribution in [3.05, 3.63) is 57.8 Å². The highest BCUT2D eigenvalue weighted by Gasteiger charge is 2.19. The molecule has 0 saturated carbocycles. The van der Waals surface area contributed by atoms with Crippen LogP contribution in [-0.2, 0) is 6.42 Å². The second kappa shape index (κ2) is 5.33. The van der Waals surface area contributed by atoms with Crippen molar-refractivity contribution in [3.8, 4) is 0 Å². The quantitative estimate of drug-likeness (QED) is 0.701. The van der Waals surface area contributed by atoms with Gasteiger partial charge in [0.05, 0.1) is 0 Å². The van der Waals surface area contributed by atoms with Gasteiger partial charge in [-0.1, -0.05) is 18.5 Å². The van der Waals surface area contributed by atoms with Crippen molar-refractivity contribution in [2.45, 2.75) is 25.6 Å². The zero-order valence-electron chi connectivity index (χ0n) is 10.1. The Morgan fingerprint density at radius 1 is 1.33 bits per heavy atom. The van der Waals surface area contributed by atoms with E-state index in [1.54, 1.807) is 13.0 Å². The van der Waals surface area contributed by atoms with E-state index in [9.17, 15) is 4.39 Å². The summed E-state index contributed by atoms with van der Waals surface area (Å²) in [5.74, 6) is 1.16. The van der Waals surface area contributed by atoms with E-state index in [1.165, 1.54) is 6.07 Å². The Balaban J connectivity index is 2.39. The largest absolute Gasteiger partial charge is 0.464 e. The minimum atomic E-state index is -0.503. The van der Waals surface area contributed by atoms with Crippen LogP contribution >= 0.6 is 23.2 Å². The lowest BCUT2D eigenvalue weighted by Gasteiger charge is -2.11. The fourth-order valence-electron chi connectivity index (χ4n) is 1.75. The van der Waals surface area contributed by atoms with E-state index in [-0.39, 0.29) is 5.82 Å². The molecule has 0 fully saturated rings. The second-order valence-corrected chi connectivity index (χ2v) is 4.99. The van der Waals surface area contributed by atoms with Crippen LogP contribution in [0.2, 0.25) is 5.02 Å². The van der Waals surface area contributed by atoms with Gasteiger partial charge in [-0.25, -0.2) is 4.39 Å². The van der Waals surface area contributed by atoms with Crippen molar-refractivity contribution in [3.63, 3.8) is 0 Å². The molecule has 2 aromatic rings. The number of furan rings is 1. The number of benzene rings is 1. The highest BCUT2D eigenvalue weighted by Crippen LogP contribution is 2.35. The van der Waals surface area contributed by atoms with E-state index >= 15 is 0 Å². The van der Waals surface area contributed by atoms with Crippen LogP contribution in [0.4, 0.5) is 4.39 Å². The molecule has 0 aliphatic heterocycles. The Bertz CT molecular complexity index is 563. The summed E-state index contributed by atoms with van der Waals surface area (Å²) in [7, 11) is 0. The van der Waals surface area contributed by atoms with Gasteiger partial charge < -0.3 is 4.42 Å². The van der Waals surface area contributed by atoms with Crippen molar-refractivity contribution in [2.75, 3.05) is 0 Å². The number of rotatable bonds is 3. The number of hydrogen-bond acceptors (Lipinski definition) is 1. The third-order valence-electron chi connectivity index (χ3n) is 2.83. The average molecular weight is 287 g/mol. The summed E-state index contributed by atoms with van der Waals surface area (Å²) >= 11 is 12.4. The van der Waals surface area contributed by atoms with Crippen LogP contribution in [0.15, 0.2) is 28.7 Å². The van der Waals surface area contributed by atoms with Gasteiger partial charge >= 0.3 is 0 Å². The zero-order valence-corrected chi connectivity index (χ0v) is 11.6. The summed E-state index contributed by atoms with van der Waals surface area (Å²) in [6.45, 7) is 3.68. The molecule has 1 aromatic heterocycles. The van der Waals surface area contributed by atoms with E-state index in [2.05, 4.69) is 0 Å². The minimum absolute atomic E-state index is 0.313. The monoisotopic (exact) mass is 286 g/mol. The van der Waals surface area contributed by atoms with Crippen LogP contribution < -0.4 is 0 Å². The van der Waals surface area contributed by atoms with Crippen molar-refractivity contribution in [2.24, 2.45) is 0 Å². The fourth-order valence-corrected chi connectivity index (χ4v) is 2.36. The molecule has 96 valence electrons. The predicted molar refractivity (Wildman–Crippen MR) is 71.9 cm³/mol. The van der Waals surface area contributed by atoms with Crippen molar-refractivity contribution in [1.82, 2.24) is 0 Å². The lowest BCUT2D eigenvalue weighted by atomic mass is 10.1. The first-order chi connectivity index (χ1) is 8.52. The molecule has 2 rings (SSSR count). The number of alkyl halides is 1. The SMILES string of the molecule is CCc1ccc(C(Cl)c2cc(C)c(F)cc2Cl)o1. The first kappa shape index (κ1) is 13.4. The van der Waals surface area contributed by atoms with Crippen LogP contribution in [-0.4, -0.2) is 0 Å². The van der Waals surface area contributed by atoms with Crippen molar-refractivity contribution >= 4 is 23.2 Å². The van der Waals surface area contributed by atoms with Gasteiger partial charge in [0, 0.05) is 11.4 Å². The van der Waals surface area contributed by atoms with Crippen LogP contribution in [0.5, 0.6) is 0 Å². The molecule has 1 aromatic carbocycles. The molecule has 0 saturated heterocycles. The molecule has 0 spiro atoms. The topological polar surface area (TPSA) is 13.1 Å². The summed E-state index contributed by atoms with van der Waals surface area (Å²) in [6.07, 6.45) is 0.805. The number of hydrogen-bond donors (Lipinski definition) is 0. The summed E-state index contributed by atoms with van der Waals surface area (Å²) in [5.41, 5.74) is 1.18. The smallest absolute Gasteiger partial charge is 0.127 e. The molecule has 1 unspecified atom stereocenters. The maximum atomic E-state index is 13.3. The maximum absolute atomic E-state index is 13.3. The van der Waals surface area contributed by atoms with Gasteiger partial charge in [-0.3, -0.25) is 0 Å². The fraction of sp³-hybridized carbons (Fsp3) is 0.286. The average Bonchev–Trinajstić information content (AvgIpc) is 2.81. The Morgan fingerprint density at radius 3 is 2.67 bits per heavy atom. The first-order valence-corrected chi connectivity index (χ1v) is 6.52. The van der Waals surface area contributed by atoms with E-state index in [4.69, 9.17) is 27.6 Å². The molecule has 1 atom stereocenters. The zero-order chi connectivity index (χ0) is 13.3. The van der Waals surface area contributed by atoms with E-state index in [0.29, 0.717) is 21.9 Å². The van der Waals surface area contributed by atoms with Crippen molar-refractivity contribution < 1.29 is 8.81 Å². The van der Waals surface area contributed by atoms with Crippen LogP contribution in [0.1, 0.15) is 34.9 Å². The van der Waals surface area contributed by atoms with Gasteiger partial charge in [-0.15, -0.1) is 11.6 Å². The number of aryl methyl sites for hydroxylation is 2. The third-order valence-corrected chi connectivity index (χ3v) is 3.61. The Labute approximate surface area is 116 Å². The molecule has 0 aliphatic rings. The van der Waals surface area contributed by atoms with Crippen LogP contribution in [0.25, 0.3) is 0 Å². The standard InChI is InChI=1S/C14H13Cl2FO/c1-3-9-4-5-13(18-9)14(16)10-6-8(2)12(17)7-11(10)15/h4-7,14H,3H2,1-2H3. The Kier molecular flexibility index (Phi) is 3.98. The van der Waals surface area contributed by atoms with Gasteiger partial charge in [0.2, 0.25) is 0 Å². The predicted octanol–water partition coefficient (Wildman–Crippen LogP) is 5.27. The van der Waals surface area contributed by atoms with Gasteiger partial charge in [-0.05, 0) is 42.3 Å². The maximum Gasteiger partial charge on any atom is 0.127 e. The molecule has 0 aliphatic carbocycles. The van der Waals surface area contributed by atoms with Gasteiger partial charge in [0.15, 0.2) is 0 Å². The molecule has 1 nitrogen and oxygen atoms in total. The van der Waals surface area contributed by atoms with Gasteiger partial charge in [0.1, 0.15) is 22.7 Å². The molecule has 1 heterocycles. The first-order valence-electron chi connectivity index (χ1n) is 5.71. The Morgan fingerprint density at radius 2 is 2.06 bits per heavy atom. The van der Waals surface area contributed by atoms with Crippen LogP contribution in [0, 0.1) is 12.7 Å². The summed E-state index contributed by atoms with van der Waals surface area (Å²) in [5, 5.41) is -0.190. The summed E-state index contributed by atoms with van der Waals surface area (Å²) < 4.78 is 18.9. The van der Waals surface area contributed by atoms with Crippen LogP contribution in [0.3, 0.4) is 0 Å². The number of halogens is 3. The molecule has 0 radical (unpaired) electrons. The third kappa shape index (κ3) is 2.55. The normalized spacial score (nSPS) is 12.7. The molecule has 4 heteroatoms. The molecule has 0 N–H and O–H groups in total. The van der Waals surface area contributed by atoms with Gasteiger partial charge in [-0.2, -0.15) is 0 Å². The molecule has 18 heavy (non-hydrogen) atoms.